The van der Waals surface area contributed by atoms with Gasteiger partial charge in [-0.1, -0.05) is 12.1 Å². The molecule has 0 saturated carbocycles. The topological polar surface area (TPSA) is 88.1 Å². The van der Waals surface area contributed by atoms with Crippen LogP contribution in [0.3, 0.4) is 0 Å². The van der Waals surface area contributed by atoms with Crippen molar-refractivity contribution < 1.29 is 14.7 Å². The minimum absolute atomic E-state index is 0.00787. The Morgan fingerprint density at radius 3 is 2.64 bits per heavy atom. The van der Waals surface area contributed by atoms with Gasteiger partial charge in [-0.2, -0.15) is 0 Å². The van der Waals surface area contributed by atoms with Gasteiger partial charge >= 0.3 is 6.09 Å². The van der Waals surface area contributed by atoms with Crippen molar-refractivity contribution in [3.63, 3.8) is 0 Å². The molecule has 0 aliphatic heterocycles. The zero-order valence-electron chi connectivity index (χ0n) is 8.56. The molecule has 0 heterocycles. The van der Waals surface area contributed by atoms with E-state index < -0.39 is 6.09 Å². The predicted molar refractivity (Wildman–Crippen MR) is 52.3 cm³/mol. The van der Waals surface area contributed by atoms with Crippen LogP contribution in [0.15, 0.2) is 5.16 Å². The minimum atomic E-state index is -0.444. The lowest BCUT2D eigenvalue weighted by atomic mass is 10.4. The Kier molecular flexibility index (Phi) is 6.26. The quantitative estimate of drug-likeness (QED) is 0.296. The Labute approximate surface area is 83.3 Å². The highest BCUT2D eigenvalue weighted by atomic mass is 16.6. The summed E-state index contributed by atoms with van der Waals surface area (Å²) in [5.74, 6) is -0.00787. The van der Waals surface area contributed by atoms with E-state index in [9.17, 15) is 4.79 Å². The van der Waals surface area contributed by atoms with Crippen LogP contribution in [0, 0.1) is 0 Å². The zero-order chi connectivity index (χ0) is 11.0. The lowest BCUT2D eigenvalue weighted by Gasteiger charge is -2.19. The maximum absolute atomic E-state index is 11.3. The normalized spacial score (nSPS) is 11.1. The Hall–Kier alpha value is -1.46. The Morgan fingerprint density at radius 2 is 2.21 bits per heavy atom. The fourth-order valence-electron chi connectivity index (χ4n) is 0.947. The number of hydrogen-bond acceptors (Lipinski definition) is 4. The Balaban J connectivity index is 4.20. The fraction of sp³-hybridized carbons (Fsp3) is 0.750. The molecule has 0 unspecified atom stereocenters. The van der Waals surface area contributed by atoms with E-state index >= 15 is 0 Å². The number of ether oxygens (including phenoxy) is 1. The summed E-state index contributed by atoms with van der Waals surface area (Å²) in [4.78, 5) is 12.7. The van der Waals surface area contributed by atoms with Crippen LogP contribution < -0.4 is 5.73 Å². The van der Waals surface area contributed by atoms with E-state index in [1.807, 2.05) is 6.92 Å². The van der Waals surface area contributed by atoms with Gasteiger partial charge < -0.3 is 20.6 Å². The highest BCUT2D eigenvalue weighted by molar-refractivity contribution is 5.84. The molecule has 0 bridgehead atoms. The number of rotatable bonds is 5. The monoisotopic (exact) mass is 203 g/mol. The van der Waals surface area contributed by atoms with E-state index in [0.717, 1.165) is 6.42 Å². The summed E-state index contributed by atoms with van der Waals surface area (Å²) >= 11 is 0. The molecule has 0 aromatic rings. The van der Waals surface area contributed by atoms with Crippen LogP contribution in [0.25, 0.3) is 0 Å². The van der Waals surface area contributed by atoms with Gasteiger partial charge in [0.05, 0.1) is 13.2 Å². The molecule has 0 radical (unpaired) electrons. The summed E-state index contributed by atoms with van der Waals surface area (Å²) in [6.45, 7) is 4.58. The van der Waals surface area contributed by atoms with Gasteiger partial charge in [0.2, 0.25) is 0 Å². The maximum atomic E-state index is 11.3. The molecular formula is C8H17N3O3. The van der Waals surface area contributed by atoms with Crippen LogP contribution in [-0.2, 0) is 4.74 Å². The SMILES string of the molecule is CCCN(CC(N)=NO)C(=O)OCC. The van der Waals surface area contributed by atoms with Crippen molar-refractivity contribution in [2.75, 3.05) is 19.7 Å². The van der Waals surface area contributed by atoms with Crippen LogP contribution in [0.2, 0.25) is 0 Å². The van der Waals surface area contributed by atoms with Crippen LogP contribution in [0.4, 0.5) is 4.79 Å². The summed E-state index contributed by atoms with van der Waals surface area (Å²) in [7, 11) is 0. The maximum Gasteiger partial charge on any atom is 0.410 e. The van der Waals surface area contributed by atoms with Gasteiger partial charge in [-0.15, -0.1) is 0 Å². The van der Waals surface area contributed by atoms with Crippen molar-refractivity contribution in [3.8, 4) is 0 Å². The minimum Gasteiger partial charge on any atom is -0.450 e. The third-order valence-corrected chi connectivity index (χ3v) is 1.50. The second-order valence-electron chi connectivity index (χ2n) is 2.71. The molecule has 1 amide bonds. The predicted octanol–water partition coefficient (Wildman–Crippen LogP) is 0.601. The smallest absolute Gasteiger partial charge is 0.410 e. The van der Waals surface area contributed by atoms with Gasteiger partial charge in [-0.3, -0.25) is 0 Å². The molecule has 6 heteroatoms. The second kappa shape index (κ2) is 6.99. The average Bonchev–Trinajstić information content (AvgIpc) is 2.17. The number of oxime groups is 1. The van der Waals surface area contributed by atoms with Crippen molar-refractivity contribution in [2.24, 2.45) is 10.9 Å². The number of carbonyl (C=O) groups excluding carboxylic acids is 1. The van der Waals surface area contributed by atoms with Crippen LogP contribution in [0.5, 0.6) is 0 Å². The van der Waals surface area contributed by atoms with Gasteiger partial charge in [0.15, 0.2) is 5.84 Å². The number of nitrogens with zero attached hydrogens (tertiary/aromatic N) is 2. The van der Waals surface area contributed by atoms with E-state index in [0.29, 0.717) is 13.2 Å². The van der Waals surface area contributed by atoms with Crippen molar-refractivity contribution in [1.29, 1.82) is 0 Å². The lowest BCUT2D eigenvalue weighted by Crippen LogP contribution is -2.39. The molecule has 0 saturated heterocycles. The summed E-state index contributed by atoms with van der Waals surface area (Å²) in [5.41, 5.74) is 5.29. The molecular weight excluding hydrogens is 186 g/mol. The summed E-state index contributed by atoms with van der Waals surface area (Å²) in [6.07, 6.45) is 0.346. The summed E-state index contributed by atoms with van der Waals surface area (Å²) in [5, 5.41) is 11.1. The van der Waals surface area contributed by atoms with E-state index in [1.165, 1.54) is 4.90 Å². The second-order valence-corrected chi connectivity index (χ2v) is 2.71. The third-order valence-electron chi connectivity index (χ3n) is 1.50. The van der Waals surface area contributed by atoms with Gasteiger partial charge in [-0.05, 0) is 13.3 Å². The number of hydrogen-bond donors (Lipinski definition) is 2. The van der Waals surface area contributed by atoms with Crippen molar-refractivity contribution in [2.45, 2.75) is 20.3 Å². The lowest BCUT2D eigenvalue weighted by molar-refractivity contribution is 0.112. The number of carbonyl (C=O) groups is 1. The molecule has 0 spiro atoms. The molecule has 0 atom stereocenters. The molecule has 0 aromatic carbocycles. The van der Waals surface area contributed by atoms with E-state index in [-0.39, 0.29) is 12.4 Å². The number of amides is 1. The summed E-state index contributed by atoms with van der Waals surface area (Å²) in [6, 6.07) is 0. The van der Waals surface area contributed by atoms with Crippen molar-refractivity contribution in [3.05, 3.63) is 0 Å². The zero-order valence-corrected chi connectivity index (χ0v) is 8.56. The average molecular weight is 203 g/mol. The van der Waals surface area contributed by atoms with Crippen LogP contribution in [-0.4, -0.2) is 41.7 Å². The van der Waals surface area contributed by atoms with Crippen molar-refractivity contribution in [1.82, 2.24) is 4.90 Å². The molecule has 14 heavy (non-hydrogen) atoms. The molecule has 0 aliphatic carbocycles. The third kappa shape index (κ3) is 4.54. The van der Waals surface area contributed by atoms with Crippen LogP contribution >= 0.6 is 0 Å². The highest BCUT2D eigenvalue weighted by Crippen LogP contribution is 1.96. The Morgan fingerprint density at radius 1 is 1.57 bits per heavy atom. The van der Waals surface area contributed by atoms with Crippen molar-refractivity contribution >= 4 is 11.9 Å². The van der Waals surface area contributed by atoms with Gasteiger partial charge in [0.25, 0.3) is 0 Å². The van der Waals surface area contributed by atoms with E-state index in [2.05, 4.69) is 5.16 Å². The molecule has 0 rings (SSSR count). The standard InChI is InChI=1S/C8H17N3O3/c1-3-5-11(6-7(9)10-13)8(12)14-4-2/h13H,3-6H2,1-2H3,(H2,9,10). The van der Waals surface area contributed by atoms with E-state index in [4.69, 9.17) is 15.7 Å². The molecule has 0 fully saturated rings. The molecule has 0 aromatic heterocycles. The first-order valence-corrected chi connectivity index (χ1v) is 4.53. The van der Waals surface area contributed by atoms with Gasteiger partial charge in [0, 0.05) is 6.54 Å². The van der Waals surface area contributed by atoms with Gasteiger partial charge in [0.1, 0.15) is 0 Å². The van der Waals surface area contributed by atoms with Gasteiger partial charge in [-0.25, -0.2) is 4.79 Å². The first-order chi connectivity index (χ1) is 6.65. The fourth-order valence-corrected chi connectivity index (χ4v) is 0.947. The molecule has 3 N–H and O–H groups in total. The molecule has 82 valence electrons. The largest absolute Gasteiger partial charge is 0.450 e. The molecule has 6 nitrogen and oxygen atoms in total. The first-order valence-electron chi connectivity index (χ1n) is 4.53. The Bertz CT molecular complexity index is 206. The first kappa shape index (κ1) is 12.5. The summed E-state index contributed by atoms with van der Waals surface area (Å²) < 4.78 is 4.80. The highest BCUT2D eigenvalue weighted by Gasteiger charge is 2.14. The van der Waals surface area contributed by atoms with Crippen LogP contribution in [0.1, 0.15) is 20.3 Å². The number of nitrogens with two attached hydrogens (primary N) is 1. The number of amidine groups is 1. The van der Waals surface area contributed by atoms with E-state index in [1.54, 1.807) is 6.92 Å². The molecule has 0 aliphatic rings.